The van der Waals surface area contributed by atoms with Gasteiger partial charge >= 0.3 is 0 Å². The summed E-state index contributed by atoms with van der Waals surface area (Å²) < 4.78 is 1.54. The van der Waals surface area contributed by atoms with Crippen LogP contribution in [0.1, 0.15) is 22.6 Å². The van der Waals surface area contributed by atoms with Crippen molar-refractivity contribution in [2.24, 2.45) is 0 Å². The summed E-state index contributed by atoms with van der Waals surface area (Å²) in [6.45, 7) is 2.24. The maximum atomic E-state index is 12.8. The van der Waals surface area contributed by atoms with Crippen LogP contribution in [0.3, 0.4) is 0 Å². The van der Waals surface area contributed by atoms with Gasteiger partial charge in [-0.25, -0.2) is 4.98 Å². The third-order valence-corrected chi connectivity index (χ3v) is 3.95. The number of fused-ring (bicyclic) bond motifs is 1. The van der Waals surface area contributed by atoms with Gasteiger partial charge in [0.2, 0.25) is 0 Å². The van der Waals surface area contributed by atoms with Gasteiger partial charge in [-0.3, -0.25) is 14.2 Å². The molecule has 0 fully saturated rings. The number of rotatable bonds is 5. The Labute approximate surface area is 144 Å². The summed E-state index contributed by atoms with van der Waals surface area (Å²) in [6, 6.07) is 14.0. The lowest BCUT2D eigenvalue weighted by Gasteiger charge is -2.11. The second-order valence-electron chi connectivity index (χ2n) is 5.70. The zero-order valence-electron chi connectivity index (χ0n) is 13.9. The van der Waals surface area contributed by atoms with Crippen LogP contribution in [-0.2, 0) is 0 Å². The van der Waals surface area contributed by atoms with Crippen LogP contribution in [0, 0.1) is 6.92 Å². The Balaban J connectivity index is 1.94. The molecule has 3 rings (SSSR count). The van der Waals surface area contributed by atoms with Crippen LogP contribution in [0.4, 0.5) is 0 Å². The quantitative estimate of drug-likeness (QED) is 0.696. The van der Waals surface area contributed by atoms with E-state index in [2.05, 4.69) is 10.3 Å². The number of carbonyl (C=O) groups is 1. The Morgan fingerprint density at radius 3 is 2.60 bits per heavy atom. The molecular formula is C19H19N3O3. The normalized spacial score (nSPS) is 10.8. The number of para-hydroxylation sites is 1. The molecule has 0 saturated heterocycles. The number of nitrogens with zero attached hydrogens (tertiary/aromatic N) is 2. The highest BCUT2D eigenvalue weighted by atomic mass is 16.3. The summed E-state index contributed by atoms with van der Waals surface area (Å²) in [6.07, 6.45) is 0.515. The van der Waals surface area contributed by atoms with Gasteiger partial charge in [0.25, 0.3) is 11.5 Å². The van der Waals surface area contributed by atoms with Crippen LogP contribution in [0.25, 0.3) is 16.6 Å². The third kappa shape index (κ3) is 3.44. The van der Waals surface area contributed by atoms with E-state index in [-0.39, 0.29) is 18.1 Å². The summed E-state index contributed by atoms with van der Waals surface area (Å²) >= 11 is 0. The highest BCUT2D eigenvalue weighted by Gasteiger charge is 2.11. The van der Waals surface area contributed by atoms with Crippen molar-refractivity contribution in [3.05, 3.63) is 70.3 Å². The summed E-state index contributed by atoms with van der Waals surface area (Å²) in [5.74, 6) is 0.379. The van der Waals surface area contributed by atoms with Gasteiger partial charge in [0.15, 0.2) is 0 Å². The maximum Gasteiger partial charge on any atom is 0.265 e. The van der Waals surface area contributed by atoms with E-state index < -0.39 is 0 Å². The first-order valence-electron chi connectivity index (χ1n) is 8.09. The highest BCUT2D eigenvalue weighted by Crippen LogP contribution is 2.13. The number of aromatic nitrogens is 2. The van der Waals surface area contributed by atoms with Crippen LogP contribution in [0.2, 0.25) is 0 Å². The molecule has 1 aromatic heterocycles. The number of aliphatic hydroxyl groups is 1. The zero-order valence-corrected chi connectivity index (χ0v) is 13.9. The van der Waals surface area contributed by atoms with Crippen LogP contribution in [-0.4, -0.2) is 33.7 Å². The van der Waals surface area contributed by atoms with Crippen LogP contribution < -0.4 is 10.9 Å². The predicted molar refractivity (Wildman–Crippen MR) is 96.1 cm³/mol. The van der Waals surface area contributed by atoms with Crippen molar-refractivity contribution in [1.82, 2.24) is 14.9 Å². The average Bonchev–Trinajstić information content (AvgIpc) is 2.62. The van der Waals surface area contributed by atoms with Gasteiger partial charge in [-0.1, -0.05) is 12.1 Å². The van der Waals surface area contributed by atoms with E-state index in [0.29, 0.717) is 40.9 Å². The number of hydrogen-bond acceptors (Lipinski definition) is 4. The molecule has 0 atom stereocenters. The Morgan fingerprint density at radius 2 is 1.88 bits per heavy atom. The SMILES string of the molecule is Cc1nc2ccccc2c(=O)n1-c1ccc(C(=O)NCCCO)cc1. The molecule has 0 unspecified atom stereocenters. The number of aliphatic hydroxyl groups excluding tert-OH is 1. The van der Waals surface area contributed by atoms with Gasteiger partial charge in [-0.05, 0) is 49.7 Å². The van der Waals surface area contributed by atoms with Crippen molar-refractivity contribution < 1.29 is 9.90 Å². The minimum atomic E-state index is -0.208. The van der Waals surface area contributed by atoms with E-state index in [9.17, 15) is 9.59 Å². The molecule has 0 spiro atoms. The van der Waals surface area contributed by atoms with Crippen LogP contribution in [0.15, 0.2) is 53.3 Å². The number of nitrogens with one attached hydrogen (secondary N) is 1. The van der Waals surface area contributed by atoms with E-state index in [0.717, 1.165) is 0 Å². The van der Waals surface area contributed by atoms with E-state index in [1.54, 1.807) is 37.3 Å². The smallest absolute Gasteiger partial charge is 0.265 e. The first kappa shape index (κ1) is 16.9. The first-order valence-corrected chi connectivity index (χ1v) is 8.09. The standard InChI is InChI=1S/C19H19N3O3/c1-13-21-17-6-3-2-5-16(17)19(25)22(13)15-9-7-14(8-10-15)18(24)20-11-4-12-23/h2-3,5-10,23H,4,11-12H2,1H3,(H,20,24). The van der Waals surface area contributed by atoms with Crippen molar-refractivity contribution in [3.8, 4) is 5.69 Å². The fraction of sp³-hybridized carbons (Fsp3) is 0.211. The summed E-state index contributed by atoms with van der Waals surface area (Å²) in [7, 11) is 0. The lowest BCUT2D eigenvalue weighted by Crippen LogP contribution is -2.25. The fourth-order valence-corrected chi connectivity index (χ4v) is 2.69. The number of hydrogen-bond donors (Lipinski definition) is 2. The van der Waals surface area contributed by atoms with Gasteiger partial charge in [0, 0.05) is 18.7 Å². The Kier molecular flexibility index (Phi) is 4.90. The van der Waals surface area contributed by atoms with E-state index in [1.165, 1.54) is 4.57 Å². The molecule has 2 aromatic carbocycles. The second kappa shape index (κ2) is 7.27. The van der Waals surface area contributed by atoms with Crippen molar-refractivity contribution in [1.29, 1.82) is 0 Å². The van der Waals surface area contributed by atoms with E-state index >= 15 is 0 Å². The maximum absolute atomic E-state index is 12.8. The molecule has 3 aromatic rings. The van der Waals surface area contributed by atoms with Gasteiger partial charge in [0.1, 0.15) is 5.82 Å². The molecule has 0 aliphatic heterocycles. The van der Waals surface area contributed by atoms with E-state index in [4.69, 9.17) is 5.11 Å². The molecular weight excluding hydrogens is 318 g/mol. The Morgan fingerprint density at radius 1 is 1.16 bits per heavy atom. The van der Waals surface area contributed by atoms with Crippen LogP contribution in [0.5, 0.6) is 0 Å². The third-order valence-electron chi connectivity index (χ3n) is 3.95. The molecule has 0 aliphatic carbocycles. The van der Waals surface area contributed by atoms with Gasteiger partial charge in [0.05, 0.1) is 16.6 Å². The number of benzene rings is 2. The summed E-state index contributed by atoms with van der Waals surface area (Å²) in [5, 5.41) is 12.0. The highest BCUT2D eigenvalue weighted by molar-refractivity contribution is 5.94. The second-order valence-corrected chi connectivity index (χ2v) is 5.70. The fourth-order valence-electron chi connectivity index (χ4n) is 2.69. The van der Waals surface area contributed by atoms with Crippen molar-refractivity contribution in [2.75, 3.05) is 13.2 Å². The van der Waals surface area contributed by atoms with E-state index in [1.807, 2.05) is 18.2 Å². The summed E-state index contributed by atoms with van der Waals surface area (Å²) in [4.78, 5) is 29.2. The zero-order chi connectivity index (χ0) is 17.8. The molecule has 0 saturated carbocycles. The van der Waals surface area contributed by atoms with Crippen molar-refractivity contribution in [2.45, 2.75) is 13.3 Å². The topological polar surface area (TPSA) is 84.2 Å². The molecule has 6 nitrogen and oxygen atoms in total. The van der Waals surface area contributed by atoms with Gasteiger partial charge in [-0.2, -0.15) is 0 Å². The van der Waals surface area contributed by atoms with Gasteiger partial charge in [-0.15, -0.1) is 0 Å². The molecule has 6 heteroatoms. The minimum Gasteiger partial charge on any atom is -0.396 e. The Bertz CT molecular complexity index is 962. The molecule has 25 heavy (non-hydrogen) atoms. The Hall–Kier alpha value is -2.99. The molecule has 0 radical (unpaired) electrons. The van der Waals surface area contributed by atoms with Crippen molar-refractivity contribution in [3.63, 3.8) is 0 Å². The van der Waals surface area contributed by atoms with Crippen molar-refractivity contribution >= 4 is 16.8 Å². The minimum absolute atomic E-state index is 0.0381. The molecule has 1 amide bonds. The largest absolute Gasteiger partial charge is 0.396 e. The lowest BCUT2D eigenvalue weighted by atomic mass is 10.1. The number of aryl methyl sites for hydroxylation is 1. The van der Waals surface area contributed by atoms with Crippen LogP contribution >= 0.6 is 0 Å². The number of amides is 1. The monoisotopic (exact) mass is 337 g/mol. The molecule has 2 N–H and O–H groups in total. The molecule has 0 aliphatic rings. The van der Waals surface area contributed by atoms with Gasteiger partial charge < -0.3 is 10.4 Å². The predicted octanol–water partition coefficient (Wildman–Crippen LogP) is 1.81. The first-order chi connectivity index (χ1) is 12.1. The lowest BCUT2D eigenvalue weighted by molar-refractivity contribution is 0.0951. The summed E-state index contributed by atoms with van der Waals surface area (Å²) in [5.41, 5.74) is 1.69. The molecule has 1 heterocycles. The molecule has 0 bridgehead atoms. The average molecular weight is 337 g/mol. The number of carbonyl (C=O) groups excluding carboxylic acids is 1. The molecule has 128 valence electrons.